The molecule has 6 nitrogen and oxygen atoms in total. The summed E-state index contributed by atoms with van der Waals surface area (Å²) in [6.45, 7) is 1.94. The lowest BCUT2D eigenvalue weighted by atomic mass is 10.2. The third kappa shape index (κ3) is 4.25. The molecule has 0 spiro atoms. The molecule has 0 fully saturated rings. The summed E-state index contributed by atoms with van der Waals surface area (Å²) in [4.78, 5) is 12.0. The summed E-state index contributed by atoms with van der Waals surface area (Å²) in [6.07, 6.45) is 1.53. The molecule has 0 aliphatic heterocycles. The number of aromatic nitrogens is 3. The van der Waals surface area contributed by atoms with E-state index in [-0.39, 0.29) is 16.0 Å². The number of rotatable bonds is 5. The number of ether oxygens (including phenoxy) is 1. The van der Waals surface area contributed by atoms with Gasteiger partial charge in [0.1, 0.15) is 18.1 Å². The molecule has 0 bridgehead atoms. The van der Waals surface area contributed by atoms with Gasteiger partial charge in [0, 0.05) is 10.6 Å². The highest BCUT2D eigenvalue weighted by Gasteiger charge is 2.03. The molecule has 1 heterocycles. The zero-order valence-corrected chi connectivity index (χ0v) is 15.4. The average Bonchev–Trinajstić information content (AvgIpc) is 2.65. The average molecular weight is 387 g/mol. The van der Waals surface area contributed by atoms with Crippen molar-refractivity contribution in [2.24, 2.45) is 5.10 Å². The highest BCUT2D eigenvalue weighted by Crippen LogP contribution is 2.19. The van der Waals surface area contributed by atoms with E-state index < -0.39 is 0 Å². The summed E-state index contributed by atoms with van der Waals surface area (Å²) in [5.74, 6) is 0.664. The van der Waals surface area contributed by atoms with E-state index in [9.17, 15) is 4.79 Å². The van der Waals surface area contributed by atoms with Crippen LogP contribution in [0.3, 0.4) is 0 Å². The zero-order chi connectivity index (χ0) is 18.5. The van der Waals surface area contributed by atoms with Crippen LogP contribution in [0.25, 0.3) is 0 Å². The summed E-state index contributed by atoms with van der Waals surface area (Å²) in [5.41, 5.74) is 1.58. The summed E-state index contributed by atoms with van der Waals surface area (Å²) < 4.78 is 7.00. The predicted molar refractivity (Wildman–Crippen MR) is 104 cm³/mol. The first-order valence-electron chi connectivity index (χ1n) is 7.73. The van der Waals surface area contributed by atoms with Crippen LogP contribution in [0, 0.1) is 11.7 Å². The Kier molecular flexibility index (Phi) is 5.60. The van der Waals surface area contributed by atoms with Crippen molar-refractivity contribution in [3.05, 3.63) is 85.5 Å². The van der Waals surface area contributed by atoms with Crippen LogP contribution in [0.15, 0.2) is 58.4 Å². The van der Waals surface area contributed by atoms with Crippen LogP contribution in [0.5, 0.6) is 5.75 Å². The number of H-pyrrole nitrogens is 1. The normalized spacial score (nSPS) is 11.0. The lowest BCUT2D eigenvalue weighted by Crippen LogP contribution is -2.22. The maximum atomic E-state index is 12.0. The van der Waals surface area contributed by atoms with Crippen molar-refractivity contribution < 1.29 is 4.74 Å². The van der Waals surface area contributed by atoms with Crippen LogP contribution in [0.2, 0.25) is 5.02 Å². The van der Waals surface area contributed by atoms with Gasteiger partial charge in [0.25, 0.3) is 5.56 Å². The fraction of sp³-hybridized carbons (Fsp3) is 0.111. The van der Waals surface area contributed by atoms with Gasteiger partial charge < -0.3 is 4.74 Å². The van der Waals surface area contributed by atoms with Crippen LogP contribution in [0.1, 0.15) is 16.8 Å². The van der Waals surface area contributed by atoms with Crippen LogP contribution >= 0.6 is 23.8 Å². The van der Waals surface area contributed by atoms with Gasteiger partial charge in [-0.05, 0) is 42.9 Å². The Labute approximate surface area is 159 Å². The number of benzene rings is 2. The van der Waals surface area contributed by atoms with Crippen molar-refractivity contribution in [3.63, 3.8) is 0 Å². The molecule has 2 aromatic carbocycles. The number of nitrogens with one attached hydrogen (secondary N) is 1. The molecule has 0 saturated carbocycles. The van der Waals surface area contributed by atoms with Gasteiger partial charge in [-0.2, -0.15) is 14.9 Å². The molecule has 8 heteroatoms. The Morgan fingerprint density at radius 1 is 1.31 bits per heavy atom. The number of halogens is 1. The molecule has 0 unspecified atom stereocenters. The van der Waals surface area contributed by atoms with Gasteiger partial charge in [-0.25, -0.2) is 0 Å². The van der Waals surface area contributed by atoms with Crippen LogP contribution in [-0.2, 0) is 6.61 Å². The molecular weight excluding hydrogens is 372 g/mol. The van der Waals surface area contributed by atoms with Crippen LogP contribution in [0.4, 0.5) is 0 Å². The summed E-state index contributed by atoms with van der Waals surface area (Å²) >= 11 is 11.2. The van der Waals surface area contributed by atoms with Crippen molar-refractivity contribution in [3.8, 4) is 5.75 Å². The first kappa shape index (κ1) is 18.0. The first-order valence-corrected chi connectivity index (χ1v) is 8.52. The van der Waals surface area contributed by atoms with Gasteiger partial charge in [0.15, 0.2) is 0 Å². The molecule has 0 atom stereocenters. The molecule has 0 saturated heterocycles. The molecule has 1 N–H and O–H groups in total. The maximum absolute atomic E-state index is 12.0. The summed E-state index contributed by atoms with van der Waals surface area (Å²) in [5, 5.41) is 11.2. The molecule has 0 amide bonds. The number of aryl methyl sites for hydroxylation is 1. The van der Waals surface area contributed by atoms with Gasteiger partial charge >= 0.3 is 0 Å². The quantitative estimate of drug-likeness (QED) is 0.535. The smallest absolute Gasteiger partial charge is 0.296 e. The Bertz CT molecular complexity index is 1080. The third-order valence-electron chi connectivity index (χ3n) is 3.55. The van der Waals surface area contributed by atoms with Gasteiger partial charge in [-0.1, -0.05) is 41.9 Å². The second kappa shape index (κ2) is 8.07. The second-order valence-corrected chi connectivity index (χ2v) is 6.22. The van der Waals surface area contributed by atoms with E-state index in [1.165, 1.54) is 6.21 Å². The molecule has 3 rings (SSSR count). The molecule has 26 heavy (non-hydrogen) atoms. The molecule has 0 aliphatic carbocycles. The lowest BCUT2D eigenvalue weighted by molar-refractivity contribution is 0.306. The number of aromatic amines is 1. The molecule has 132 valence electrons. The maximum Gasteiger partial charge on any atom is 0.296 e. The van der Waals surface area contributed by atoms with Gasteiger partial charge in [-0.3, -0.25) is 9.89 Å². The molecule has 1 aromatic heterocycles. The minimum atomic E-state index is -0.365. The summed E-state index contributed by atoms with van der Waals surface area (Å²) in [7, 11) is 0. The van der Waals surface area contributed by atoms with E-state index in [1.807, 2.05) is 48.5 Å². The van der Waals surface area contributed by atoms with E-state index in [0.29, 0.717) is 17.4 Å². The van der Waals surface area contributed by atoms with Crippen molar-refractivity contribution >= 4 is 30.0 Å². The third-order valence-corrected chi connectivity index (χ3v) is 4.18. The van der Waals surface area contributed by atoms with Crippen molar-refractivity contribution in [2.75, 3.05) is 0 Å². The van der Waals surface area contributed by atoms with E-state index in [0.717, 1.165) is 15.8 Å². The van der Waals surface area contributed by atoms with Gasteiger partial charge in [0.05, 0.1) is 6.21 Å². The highest BCUT2D eigenvalue weighted by molar-refractivity contribution is 7.71. The van der Waals surface area contributed by atoms with Crippen LogP contribution in [-0.4, -0.2) is 21.1 Å². The van der Waals surface area contributed by atoms with E-state index in [2.05, 4.69) is 15.3 Å². The standard InChI is InChI=1S/C18H15ClN4O2S/c1-12-17(24)23(18(26)22-21-12)20-10-13-5-4-7-15(9-13)25-11-14-6-2-3-8-16(14)19/h2-10H,11H2,1H3,(H,22,26)/b20-10-. The topological polar surface area (TPSA) is 72.3 Å². The zero-order valence-electron chi connectivity index (χ0n) is 13.8. The van der Waals surface area contributed by atoms with Crippen LogP contribution < -0.4 is 10.3 Å². The van der Waals surface area contributed by atoms with E-state index >= 15 is 0 Å². The van der Waals surface area contributed by atoms with E-state index in [1.54, 1.807) is 6.92 Å². The van der Waals surface area contributed by atoms with Crippen molar-refractivity contribution in [1.29, 1.82) is 0 Å². The predicted octanol–water partition coefficient (Wildman–Crippen LogP) is 3.72. The Morgan fingerprint density at radius 2 is 2.12 bits per heavy atom. The number of hydrogen-bond donors (Lipinski definition) is 1. The largest absolute Gasteiger partial charge is 0.489 e. The van der Waals surface area contributed by atoms with Gasteiger partial charge in [-0.15, -0.1) is 0 Å². The fourth-order valence-electron chi connectivity index (χ4n) is 2.16. The number of nitrogens with zero attached hydrogens (tertiary/aromatic N) is 3. The lowest BCUT2D eigenvalue weighted by Gasteiger charge is -2.08. The van der Waals surface area contributed by atoms with Crippen molar-refractivity contribution in [2.45, 2.75) is 13.5 Å². The highest BCUT2D eigenvalue weighted by atomic mass is 35.5. The SMILES string of the molecule is Cc1n[nH]c(=S)n(/N=C\c2cccc(OCc3ccccc3Cl)c2)c1=O. The molecular formula is C18H15ClN4O2S. The fourth-order valence-corrected chi connectivity index (χ4v) is 2.53. The second-order valence-electron chi connectivity index (χ2n) is 5.43. The monoisotopic (exact) mass is 386 g/mol. The molecule has 3 aromatic rings. The number of hydrogen-bond acceptors (Lipinski definition) is 5. The molecule has 0 radical (unpaired) electrons. The first-order chi connectivity index (χ1) is 12.5. The van der Waals surface area contributed by atoms with Gasteiger partial charge in [0.2, 0.25) is 4.77 Å². The van der Waals surface area contributed by atoms with E-state index in [4.69, 9.17) is 28.6 Å². The minimum absolute atomic E-state index is 0.128. The molecule has 0 aliphatic rings. The van der Waals surface area contributed by atoms with Crippen molar-refractivity contribution in [1.82, 2.24) is 14.9 Å². The Hall–Kier alpha value is -2.77. The Morgan fingerprint density at radius 3 is 2.92 bits per heavy atom. The Balaban J connectivity index is 1.78. The summed E-state index contributed by atoms with van der Waals surface area (Å²) in [6, 6.07) is 14.8. The minimum Gasteiger partial charge on any atom is -0.489 e.